The maximum absolute atomic E-state index is 11.9. The first-order valence-electron chi connectivity index (χ1n) is 6.30. The molecular formula is C12H17NO7. The van der Waals surface area contributed by atoms with Gasteiger partial charge in [0.2, 0.25) is 6.10 Å². The molecule has 112 valence electrons. The van der Waals surface area contributed by atoms with E-state index in [0.717, 1.165) is 0 Å². The predicted molar refractivity (Wildman–Crippen MR) is 65.7 cm³/mol. The third-order valence-corrected chi connectivity index (χ3v) is 2.41. The second-order valence-corrected chi connectivity index (χ2v) is 3.70. The van der Waals surface area contributed by atoms with Crippen LogP contribution < -0.4 is 0 Å². The second-order valence-electron chi connectivity index (χ2n) is 3.70. The van der Waals surface area contributed by atoms with Crippen molar-refractivity contribution in [2.45, 2.75) is 26.9 Å². The highest BCUT2D eigenvalue weighted by atomic mass is 16.7. The van der Waals surface area contributed by atoms with Gasteiger partial charge in [-0.15, -0.1) is 0 Å². The molecule has 0 aromatic carbocycles. The molecule has 1 aliphatic rings. The van der Waals surface area contributed by atoms with Crippen LogP contribution in [0, 0.1) is 5.92 Å². The van der Waals surface area contributed by atoms with Crippen LogP contribution in [0.15, 0.2) is 5.16 Å². The molecule has 0 N–H and O–H groups in total. The molecule has 8 heteroatoms. The van der Waals surface area contributed by atoms with E-state index in [1.807, 2.05) is 0 Å². The van der Waals surface area contributed by atoms with E-state index in [-0.39, 0.29) is 25.5 Å². The van der Waals surface area contributed by atoms with Crippen molar-refractivity contribution in [2.75, 3.05) is 19.8 Å². The largest absolute Gasteiger partial charge is 0.465 e. The van der Waals surface area contributed by atoms with Crippen molar-refractivity contribution < 1.29 is 33.4 Å². The summed E-state index contributed by atoms with van der Waals surface area (Å²) < 4.78 is 14.4. The van der Waals surface area contributed by atoms with Crippen molar-refractivity contribution in [3.05, 3.63) is 0 Å². The Kier molecular flexibility index (Phi) is 5.95. The summed E-state index contributed by atoms with van der Waals surface area (Å²) in [5, 5.41) is 3.46. The molecule has 0 radical (unpaired) electrons. The summed E-state index contributed by atoms with van der Waals surface area (Å²) in [6.45, 7) is 5.14. The fourth-order valence-electron chi connectivity index (χ4n) is 1.61. The molecule has 20 heavy (non-hydrogen) atoms. The van der Waals surface area contributed by atoms with Gasteiger partial charge in [0.25, 0.3) is 0 Å². The number of hydrogen-bond donors (Lipinski definition) is 0. The number of rotatable bonds is 6. The Morgan fingerprint density at radius 3 is 2.10 bits per heavy atom. The van der Waals surface area contributed by atoms with Gasteiger partial charge in [0, 0.05) is 0 Å². The van der Waals surface area contributed by atoms with Crippen LogP contribution in [0.5, 0.6) is 0 Å². The van der Waals surface area contributed by atoms with Crippen molar-refractivity contribution in [3.8, 4) is 0 Å². The fraction of sp³-hybridized carbons (Fsp3) is 0.667. The molecule has 0 aliphatic carbocycles. The van der Waals surface area contributed by atoms with Crippen LogP contribution in [0.25, 0.3) is 0 Å². The van der Waals surface area contributed by atoms with Crippen LogP contribution in [0.2, 0.25) is 0 Å². The summed E-state index contributed by atoms with van der Waals surface area (Å²) in [5.74, 6) is -3.66. The molecule has 2 atom stereocenters. The number of hydrogen-bond acceptors (Lipinski definition) is 8. The van der Waals surface area contributed by atoms with Crippen molar-refractivity contribution in [3.63, 3.8) is 0 Å². The zero-order chi connectivity index (χ0) is 15.1. The van der Waals surface area contributed by atoms with Gasteiger partial charge in [-0.1, -0.05) is 5.16 Å². The molecule has 0 spiro atoms. The van der Waals surface area contributed by atoms with Crippen LogP contribution in [-0.4, -0.2) is 49.5 Å². The summed E-state index contributed by atoms with van der Waals surface area (Å²) >= 11 is 0. The number of nitrogens with zero attached hydrogens (tertiary/aromatic N) is 1. The third kappa shape index (κ3) is 3.46. The Morgan fingerprint density at radius 2 is 1.55 bits per heavy atom. The van der Waals surface area contributed by atoms with E-state index < -0.39 is 29.9 Å². The lowest BCUT2D eigenvalue weighted by Crippen LogP contribution is -2.41. The molecule has 0 amide bonds. The van der Waals surface area contributed by atoms with Gasteiger partial charge >= 0.3 is 17.9 Å². The van der Waals surface area contributed by atoms with Crippen molar-refractivity contribution in [1.29, 1.82) is 0 Å². The average molecular weight is 287 g/mol. The minimum Gasteiger partial charge on any atom is -0.465 e. The fourth-order valence-corrected chi connectivity index (χ4v) is 1.61. The average Bonchev–Trinajstić information content (AvgIpc) is 2.84. The molecule has 8 nitrogen and oxygen atoms in total. The first-order valence-corrected chi connectivity index (χ1v) is 6.30. The standard InChI is InChI=1S/C12H17NO7/c1-4-17-10(14)7-8(11(15)18-5-2)13-20-9(7)12(16)19-6-3/h7,9H,4-6H2,1-3H3/t7-,9+/m0/s1. The summed E-state index contributed by atoms with van der Waals surface area (Å²) in [4.78, 5) is 40.1. The highest BCUT2D eigenvalue weighted by Gasteiger charge is 2.49. The van der Waals surface area contributed by atoms with Crippen LogP contribution >= 0.6 is 0 Å². The smallest absolute Gasteiger partial charge is 0.357 e. The molecule has 0 saturated heterocycles. The maximum Gasteiger partial charge on any atom is 0.357 e. The third-order valence-electron chi connectivity index (χ3n) is 2.41. The van der Waals surface area contributed by atoms with Crippen LogP contribution in [0.4, 0.5) is 0 Å². The lowest BCUT2D eigenvalue weighted by molar-refractivity contribution is -0.164. The zero-order valence-corrected chi connectivity index (χ0v) is 11.6. The minimum absolute atomic E-state index is 0.0982. The highest BCUT2D eigenvalue weighted by molar-refractivity contribution is 6.41. The van der Waals surface area contributed by atoms with E-state index in [0.29, 0.717) is 0 Å². The SMILES string of the molecule is CCOC(=O)C1=NO[C@@H](C(=O)OCC)[C@H]1C(=O)OCC. The van der Waals surface area contributed by atoms with Gasteiger partial charge in [-0.05, 0) is 20.8 Å². The van der Waals surface area contributed by atoms with Crippen molar-refractivity contribution in [1.82, 2.24) is 0 Å². The number of oxime groups is 1. The van der Waals surface area contributed by atoms with E-state index in [9.17, 15) is 14.4 Å². The molecule has 0 saturated carbocycles. The Bertz CT molecular complexity index is 418. The van der Waals surface area contributed by atoms with Crippen LogP contribution in [-0.2, 0) is 33.4 Å². The summed E-state index contributed by atoms with van der Waals surface area (Å²) in [6, 6.07) is 0. The Balaban J connectivity index is 2.93. The number of carbonyl (C=O) groups excluding carboxylic acids is 3. The van der Waals surface area contributed by atoms with E-state index in [4.69, 9.17) is 19.0 Å². The van der Waals surface area contributed by atoms with Crippen molar-refractivity contribution >= 4 is 23.6 Å². The monoisotopic (exact) mass is 287 g/mol. The molecular weight excluding hydrogens is 270 g/mol. The van der Waals surface area contributed by atoms with E-state index in [1.54, 1.807) is 20.8 Å². The first-order chi connectivity index (χ1) is 9.56. The van der Waals surface area contributed by atoms with E-state index >= 15 is 0 Å². The number of esters is 3. The Labute approximate surface area is 116 Å². The zero-order valence-electron chi connectivity index (χ0n) is 11.6. The first kappa shape index (κ1) is 15.9. The second kappa shape index (κ2) is 7.46. The molecule has 1 heterocycles. The predicted octanol–water partition coefficient (Wildman–Crippen LogP) is 0.0467. The van der Waals surface area contributed by atoms with Gasteiger partial charge in [0.05, 0.1) is 19.8 Å². The number of ether oxygens (including phenoxy) is 3. The van der Waals surface area contributed by atoms with Gasteiger partial charge in [-0.3, -0.25) is 4.79 Å². The number of carbonyl (C=O) groups is 3. The Hall–Kier alpha value is -2.12. The summed E-state index contributed by atoms with van der Waals surface area (Å²) in [5.41, 5.74) is -0.289. The lowest BCUT2D eigenvalue weighted by Gasteiger charge is -2.15. The molecule has 1 rings (SSSR count). The summed E-state index contributed by atoms with van der Waals surface area (Å²) in [7, 11) is 0. The van der Waals surface area contributed by atoms with E-state index in [1.165, 1.54) is 0 Å². The quantitative estimate of drug-likeness (QED) is 0.502. The molecule has 0 fully saturated rings. The van der Waals surface area contributed by atoms with Crippen LogP contribution in [0.1, 0.15) is 20.8 Å². The van der Waals surface area contributed by atoms with Gasteiger partial charge in [0.15, 0.2) is 11.6 Å². The maximum atomic E-state index is 11.9. The lowest BCUT2D eigenvalue weighted by atomic mass is 9.97. The van der Waals surface area contributed by atoms with Gasteiger partial charge in [-0.25, -0.2) is 9.59 Å². The molecule has 0 aromatic heterocycles. The van der Waals surface area contributed by atoms with Gasteiger partial charge < -0.3 is 19.0 Å². The topological polar surface area (TPSA) is 100 Å². The van der Waals surface area contributed by atoms with Crippen molar-refractivity contribution in [2.24, 2.45) is 11.1 Å². The molecule has 1 aliphatic heterocycles. The minimum atomic E-state index is -1.33. The molecule has 0 aromatic rings. The van der Waals surface area contributed by atoms with Gasteiger partial charge in [0.1, 0.15) is 0 Å². The molecule has 0 bridgehead atoms. The van der Waals surface area contributed by atoms with Gasteiger partial charge in [-0.2, -0.15) is 0 Å². The van der Waals surface area contributed by atoms with Crippen LogP contribution in [0.3, 0.4) is 0 Å². The molecule has 0 unspecified atom stereocenters. The normalized spacial score (nSPS) is 20.6. The Morgan fingerprint density at radius 1 is 1.00 bits per heavy atom. The highest BCUT2D eigenvalue weighted by Crippen LogP contribution is 2.22. The van der Waals surface area contributed by atoms with E-state index in [2.05, 4.69) is 5.16 Å². The summed E-state index contributed by atoms with van der Waals surface area (Å²) in [6.07, 6.45) is -1.33.